The summed E-state index contributed by atoms with van der Waals surface area (Å²) in [6.45, 7) is 9.39. The van der Waals surface area contributed by atoms with Crippen molar-refractivity contribution in [1.29, 1.82) is 0 Å². The highest BCUT2D eigenvalue weighted by Crippen LogP contribution is 2.28. The van der Waals surface area contributed by atoms with E-state index >= 15 is 0 Å². The van der Waals surface area contributed by atoms with Crippen molar-refractivity contribution in [2.24, 2.45) is 17.1 Å². The number of hydrogen-bond donors (Lipinski definition) is 2. The van der Waals surface area contributed by atoms with Crippen LogP contribution in [0.5, 0.6) is 0 Å². The maximum Gasteiger partial charge on any atom is 0.409 e. The van der Waals surface area contributed by atoms with Crippen molar-refractivity contribution in [2.45, 2.75) is 52.7 Å². The van der Waals surface area contributed by atoms with Gasteiger partial charge in [-0.2, -0.15) is 0 Å². The van der Waals surface area contributed by atoms with Gasteiger partial charge in [0.25, 0.3) is 0 Å². The number of carbonyl (C=O) groups is 1. The van der Waals surface area contributed by atoms with E-state index in [9.17, 15) is 9.90 Å². The van der Waals surface area contributed by atoms with Crippen LogP contribution in [0.3, 0.4) is 0 Å². The average Bonchev–Trinajstić information content (AvgIpc) is 2.27. The van der Waals surface area contributed by atoms with E-state index in [1.54, 1.807) is 11.8 Å². The van der Waals surface area contributed by atoms with Crippen molar-refractivity contribution >= 4 is 6.09 Å². The standard InChI is InChI=1S/C14H28N2O3/c1-5-19-13(18)16-8-10(6-11(15)9-16)7-12(17)14(2,3)4/h10-12,17H,5-9,15H2,1-4H3. The van der Waals surface area contributed by atoms with Crippen LogP contribution >= 0.6 is 0 Å². The Kier molecular flexibility index (Phi) is 5.62. The van der Waals surface area contributed by atoms with E-state index in [1.807, 2.05) is 20.8 Å². The van der Waals surface area contributed by atoms with Crippen molar-refractivity contribution < 1.29 is 14.6 Å². The second-order valence-corrected chi connectivity index (χ2v) is 6.58. The lowest BCUT2D eigenvalue weighted by Crippen LogP contribution is -2.50. The number of rotatable bonds is 3. The first-order valence-corrected chi connectivity index (χ1v) is 7.09. The van der Waals surface area contributed by atoms with Crippen molar-refractivity contribution in [3.05, 3.63) is 0 Å². The Hall–Kier alpha value is -0.810. The second-order valence-electron chi connectivity index (χ2n) is 6.58. The average molecular weight is 272 g/mol. The molecule has 0 saturated carbocycles. The highest BCUT2D eigenvalue weighted by molar-refractivity contribution is 5.67. The summed E-state index contributed by atoms with van der Waals surface area (Å²) >= 11 is 0. The van der Waals surface area contributed by atoms with E-state index in [0.29, 0.717) is 26.1 Å². The largest absolute Gasteiger partial charge is 0.450 e. The van der Waals surface area contributed by atoms with Gasteiger partial charge in [0.2, 0.25) is 0 Å². The Morgan fingerprint density at radius 3 is 2.63 bits per heavy atom. The molecule has 1 aliphatic heterocycles. The molecule has 5 nitrogen and oxygen atoms in total. The highest BCUT2D eigenvalue weighted by atomic mass is 16.6. The molecule has 0 radical (unpaired) electrons. The summed E-state index contributed by atoms with van der Waals surface area (Å²) in [5.74, 6) is 0.238. The molecule has 1 saturated heterocycles. The molecule has 1 rings (SSSR count). The van der Waals surface area contributed by atoms with Crippen LogP contribution in [0.4, 0.5) is 4.79 Å². The molecule has 1 heterocycles. The molecule has 0 spiro atoms. The fraction of sp³-hybridized carbons (Fsp3) is 0.929. The number of nitrogens with two attached hydrogens (primary N) is 1. The van der Waals surface area contributed by atoms with Crippen LogP contribution in [-0.4, -0.2) is 47.9 Å². The lowest BCUT2D eigenvalue weighted by molar-refractivity contribution is 0.0221. The predicted molar refractivity (Wildman–Crippen MR) is 74.8 cm³/mol. The van der Waals surface area contributed by atoms with Crippen LogP contribution in [0.2, 0.25) is 0 Å². The molecular weight excluding hydrogens is 244 g/mol. The Morgan fingerprint density at radius 1 is 1.47 bits per heavy atom. The number of hydrogen-bond acceptors (Lipinski definition) is 4. The number of aliphatic hydroxyl groups is 1. The zero-order valence-corrected chi connectivity index (χ0v) is 12.6. The molecule has 1 amide bonds. The van der Waals surface area contributed by atoms with Crippen molar-refractivity contribution in [3.63, 3.8) is 0 Å². The predicted octanol–water partition coefficient (Wildman–Crippen LogP) is 1.59. The summed E-state index contributed by atoms with van der Waals surface area (Å²) in [6, 6.07) is -0.0321. The minimum atomic E-state index is -0.383. The van der Waals surface area contributed by atoms with Crippen LogP contribution in [0.15, 0.2) is 0 Å². The number of nitrogens with zero attached hydrogens (tertiary/aromatic N) is 1. The van der Waals surface area contributed by atoms with Crippen molar-refractivity contribution in [2.75, 3.05) is 19.7 Å². The van der Waals surface area contributed by atoms with Crippen LogP contribution in [-0.2, 0) is 4.74 Å². The summed E-state index contributed by atoms with van der Waals surface area (Å²) in [4.78, 5) is 13.4. The van der Waals surface area contributed by atoms with E-state index in [0.717, 1.165) is 6.42 Å². The maximum absolute atomic E-state index is 11.8. The van der Waals surface area contributed by atoms with E-state index in [4.69, 9.17) is 10.5 Å². The number of likely N-dealkylation sites (tertiary alicyclic amines) is 1. The van der Waals surface area contributed by atoms with Crippen LogP contribution in [0.25, 0.3) is 0 Å². The third-order valence-corrected chi connectivity index (χ3v) is 3.65. The summed E-state index contributed by atoms with van der Waals surface area (Å²) < 4.78 is 5.02. The smallest absolute Gasteiger partial charge is 0.409 e. The molecule has 1 aliphatic rings. The van der Waals surface area contributed by atoms with E-state index in [-0.39, 0.29) is 29.6 Å². The highest BCUT2D eigenvalue weighted by Gasteiger charge is 2.32. The van der Waals surface area contributed by atoms with Crippen LogP contribution < -0.4 is 5.73 Å². The van der Waals surface area contributed by atoms with Crippen LogP contribution in [0.1, 0.15) is 40.5 Å². The van der Waals surface area contributed by atoms with Gasteiger partial charge in [-0.3, -0.25) is 0 Å². The molecule has 0 aliphatic carbocycles. The first-order chi connectivity index (χ1) is 8.74. The fourth-order valence-corrected chi connectivity index (χ4v) is 2.45. The minimum absolute atomic E-state index is 0.0321. The van der Waals surface area contributed by atoms with Gasteiger partial charge in [0.15, 0.2) is 0 Å². The molecule has 0 aromatic heterocycles. The van der Waals surface area contributed by atoms with Gasteiger partial charge in [-0.1, -0.05) is 20.8 Å². The molecule has 0 aromatic rings. The molecule has 3 N–H and O–H groups in total. The summed E-state index contributed by atoms with van der Waals surface area (Å²) in [5, 5.41) is 10.2. The second kappa shape index (κ2) is 6.57. The third kappa shape index (κ3) is 4.99. The van der Waals surface area contributed by atoms with Crippen molar-refractivity contribution in [1.82, 2.24) is 4.90 Å². The molecule has 3 atom stereocenters. The van der Waals surface area contributed by atoms with Gasteiger partial charge in [0.1, 0.15) is 0 Å². The molecule has 112 valence electrons. The minimum Gasteiger partial charge on any atom is -0.450 e. The Bertz CT molecular complexity index is 302. The normalized spacial score (nSPS) is 26.1. The Balaban J connectivity index is 2.58. The van der Waals surface area contributed by atoms with E-state index in [2.05, 4.69) is 0 Å². The molecular formula is C14H28N2O3. The number of ether oxygens (including phenoxy) is 1. The van der Waals surface area contributed by atoms with Crippen LogP contribution in [0, 0.1) is 11.3 Å². The van der Waals surface area contributed by atoms with E-state index in [1.165, 1.54) is 0 Å². The summed E-state index contributed by atoms with van der Waals surface area (Å²) in [5.41, 5.74) is 5.86. The zero-order chi connectivity index (χ0) is 14.6. The Morgan fingerprint density at radius 2 is 2.11 bits per heavy atom. The topological polar surface area (TPSA) is 75.8 Å². The first kappa shape index (κ1) is 16.2. The van der Waals surface area contributed by atoms with Gasteiger partial charge in [-0.05, 0) is 31.1 Å². The van der Waals surface area contributed by atoms with Gasteiger partial charge in [0.05, 0.1) is 12.7 Å². The molecule has 1 fully saturated rings. The molecule has 19 heavy (non-hydrogen) atoms. The van der Waals surface area contributed by atoms with Gasteiger partial charge in [-0.15, -0.1) is 0 Å². The molecule has 0 aromatic carbocycles. The Labute approximate surface area is 116 Å². The lowest BCUT2D eigenvalue weighted by Gasteiger charge is -2.38. The quantitative estimate of drug-likeness (QED) is 0.818. The number of carbonyl (C=O) groups excluding carboxylic acids is 1. The maximum atomic E-state index is 11.8. The SMILES string of the molecule is CCOC(=O)N1CC(N)CC(CC(O)C(C)(C)C)C1. The van der Waals surface area contributed by atoms with Crippen molar-refractivity contribution in [3.8, 4) is 0 Å². The number of amides is 1. The van der Waals surface area contributed by atoms with Gasteiger partial charge < -0.3 is 20.5 Å². The molecule has 5 heteroatoms. The summed E-state index contributed by atoms with van der Waals surface area (Å²) in [6.07, 6.45) is 0.843. The molecule has 3 unspecified atom stereocenters. The van der Waals surface area contributed by atoms with E-state index < -0.39 is 0 Å². The van der Waals surface area contributed by atoms with Gasteiger partial charge >= 0.3 is 6.09 Å². The fourth-order valence-electron chi connectivity index (χ4n) is 2.45. The number of aliphatic hydroxyl groups excluding tert-OH is 1. The van der Waals surface area contributed by atoms with Gasteiger partial charge in [0, 0.05) is 19.1 Å². The first-order valence-electron chi connectivity index (χ1n) is 7.09. The van der Waals surface area contributed by atoms with Gasteiger partial charge in [-0.25, -0.2) is 4.79 Å². The summed E-state index contributed by atoms with van der Waals surface area (Å²) in [7, 11) is 0. The third-order valence-electron chi connectivity index (χ3n) is 3.65. The monoisotopic (exact) mass is 272 g/mol. The number of piperidine rings is 1. The lowest BCUT2D eigenvalue weighted by atomic mass is 9.80. The molecule has 0 bridgehead atoms. The zero-order valence-electron chi connectivity index (χ0n) is 12.6.